The van der Waals surface area contributed by atoms with Crippen molar-refractivity contribution >= 4 is 22.8 Å². The molecule has 1 aromatic heterocycles. The number of carboxylic acid groups (broad SMARTS) is 1. The lowest BCUT2D eigenvalue weighted by atomic mass is 9.97. The van der Waals surface area contributed by atoms with E-state index >= 15 is 0 Å². The quantitative estimate of drug-likeness (QED) is 0.891. The number of H-pyrrole nitrogens is 1. The number of aromatic nitrogens is 1. The predicted octanol–water partition coefficient (Wildman–Crippen LogP) is 2.24. The highest BCUT2D eigenvalue weighted by Crippen LogP contribution is 2.21. The maximum Gasteiger partial charge on any atom is 0.306 e. The van der Waals surface area contributed by atoms with Crippen LogP contribution in [0.3, 0.4) is 0 Å². The fraction of sp³-hybridized carbons (Fsp3) is 0.333. The van der Waals surface area contributed by atoms with Crippen LogP contribution < -0.4 is 0 Å². The van der Waals surface area contributed by atoms with Gasteiger partial charge in [0.15, 0.2) is 0 Å². The second kappa shape index (κ2) is 5.20. The van der Waals surface area contributed by atoms with E-state index < -0.39 is 5.97 Å². The number of nitrogens with zero attached hydrogens (tertiary/aromatic N) is 1. The van der Waals surface area contributed by atoms with Crippen molar-refractivity contribution in [3.63, 3.8) is 0 Å². The summed E-state index contributed by atoms with van der Waals surface area (Å²) in [6, 6.07) is 5.94. The Morgan fingerprint density at radius 2 is 1.95 bits per heavy atom. The second-order valence-corrected chi connectivity index (χ2v) is 5.32. The van der Waals surface area contributed by atoms with Gasteiger partial charge in [0.05, 0.1) is 5.92 Å². The number of fused-ring (bicyclic) bond motifs is 1. The number of halogens is 1. The summed E-state index contributed by atoms with van der Waals surface area (Å²) in [5, 5.41) is 9.61. The normalized spacial score (nSPS) is 16.3. The topological polar surface area (TPSA) is 73.4 Å². The number of carbonyl (C=O) groups excluding carboxylic acids is 1. The molecule has 1 amide bonds. The maximum atomic E-state index is 13.2. The molecule has 3 rings (SSSR count). The lowest BCUT2D eigenvalue weighted by Gasteiger charge is -2.29. The second-order valence-electron chi connectivity index (χ2n) is 5.32. The summed E-state index contributed by atoms with van der Waals surface area (Å²) in [4.78, 5) is 27.9. The molecular formula is C15H15FN2O3. The molecule has 0 saturated carbocycles. The zero-order valence-electron chi connectivity index (χ0n) is 11.3. The molecule has 1 aromatic carbocycles. The van der Waals surface area contributed by atoms with Crippen LogP contribution in [0.15, 0.2) is 24.3 Å². The molecule has 21 heavy (non-hydrogen) atoms. The number of nitrogens with one attached hydrogen (secondary N) is 1. The number of carbonyl (C=O) groups is 2. The Morgan fingerprint density at radius 1 is 1.24 bits per heavy atom. The van der Waals surface area contributed by atoms with Crippen LogP contribution in [0.4, 0.5) is 4.39 Å². The number of rotatable bonds is 2. The van der Waals surface area contributed by atoms with Gasteiger partial charge in [-0.1, -0.05) is 0 Å². The maximum absolute atomic E-state index is 13.2. The Kier molecular flexibility index (Phi) is 3.37. The van der Waals surface area contributed by atoms with Gasteiger partial charge < -0.3 is 15.0 Å². The summed E-state index contributed by atoms with van der Waals surface area (Å²) >= 11 is 0. The van der Waals surface area contributed by atoms with Crippen molar-refractivity contribution in [3.05, 3.63) is 35.8 Å². The number of hydrogen-bond donors (Lipinski definition) is 2. The van der Waals surface area contributed by atoms with Gasteiger partial charge in [-0.15, -0.1) is 0 Å². The predicted molar refractivity (Wildman–Crippen MR) is 74.5 cm³/mol. The summed E-state index contributed by atoms with van der Waals surface area (Å²) in [6.07, 6.45) is 0.936. The van der Waals surface area contributed by atoms with Gasteiger partial charge >= 0.3 is 5.97 Å². The van der Waals surface area contributed by atoms with Crippen molar-refractivity contribution in [2.24, 2.45) is 5.92 Å². The molecule has 5 nitrogen and oxygen atoms in total. The molecule has 0 unspecified atom stereocenters. The fourth-order valence-electron chi connectivity index (χ4n) is 2.72. The van der Waals surface area contributed by atoms with E-state index in [1.807, 2.05) is 0 Å². The minimum absolute atomic E-state index is 0.171. The van der Waals surface area contributed by atoms with Crippen LogP contribution in [0.5, 0.6) is 0 Å². The van der Waals surface area contributed by atoms with Gasteiger partial charge in [0, 0.05) is 24.0 Å². The third-order valence-corrected chi connectivity index (χ3v) is 3.94. The van der Waals surface area contributed by atoms with E-state index in [0.717, 1.165) is 0 Å². The highest BCUT2D eigenvalue weighted by Gasteiger charge is 2.28. The lowest BCUT2D eigenvalue weighted by molar-refractivity contribution is -0.143. The number of carboxylic acids is 1. The summed E-state index contributed by atoms with van der Waals surface area (Å²) in [5.74, 6) is -1.69. The molecule has 2 N–H and O–H groups in total. The van der Waals surface area contributed by atoms with E-state index in [4.69, 9.17) is 5.11 Å². The van der Waals surface area contributed by atoms with Crippen LogP contribution in [0.25, 0.3) is 10.9 Å². The smallest absolute Gasteiger partial charge is 0.306 e. The van der Waals surface area contributed by atoms with E-state index in [0.29, 0.717) is 42.5 Å². The number of aliphatic carboxylic acids is 1. The van der Waals surface area contributed by atoms with Crippen molar-refractivity contribution in [1.29, 1.82) is 0 Å². The van der Waals surface area contributed by atoms with E-state index in [-0.39, 0.29) is 17.6 Å². The standard InChI is InChI=1S/C15H15FN2O3/c16-11-1-2-12-10(7-11)8-13(17-12)14(19)18-5-3-9(4-6-18)15(20)21/h1-2,7-9,17H,3-6H2,(H,20,21). The number of piperidine rings is 1. The van der Waals surface area contributed by atoms with Crippen LogP contribution >= 0.6 is 0 Å². The summed E-state index contributed by atoms with van der Waals surface area (Å²) in [7, 11) is 0. The van der Waals surface area contributed by atoms with Crippen LogP contribution in [0, 0.1) is 11.7 Å². The molecule has 0 aliphatic carbocycles. The molecule has 1 saturated heterocycles. The Morgan fingerprint density at radius 3 is 2.62 bits per heavy atom. The first kappa shape index (κ1) is 13.6. The number of hydrogen-bond acceptors (Lipinski definition) is 2. The molecular weight excluding hydrogens is 275 g/mol. The van der Waals surface area contributed by atoms with Gasteiger partial charge in [0.1, 0.15) is 11.5 Å². The van der Waals surface area contributed by atoms with Crippen molar-refractivity contribution in [1.82, 2.24) is 9.88 Å². The van der Waals surface area contributed by atoms with Crippen molar-refractivity contribution < 1.29 is 19.1 Å². The molecule has 2 aromatic rings. The van der Waals surface area contributed by atoms with Gasteiger partial charge in [-0.25, -0.2) is 4.39 Å². The first-order valence-corrected chi connectivity index (χ1v) is 6.85. The summed E-state index contributed by atoms with van der Waals surface area (Å²) in [6.45, 7) is 0.860. The summed E-state index contributed by atoms with van der Waals surface area (Å²) < 4.78 is 13.2. The molecule has 6 heteroatoms. The summed E-state index contributed by atoms with van der Waals surface area (Å²) in [5.41, 5.74) is 1.12. The zero-order valence-corrected chi connectivity index (χ0v) is 11.3. The monoisotopic (exact) mass is 290 g/mol. The van der Waals surface area contributed by atoms with E-state index in [2.05, 4.69) is 4.98 Å². The Bertz CT molecular complexity index is 702. The fourth-order valence-corrected chi connectivity index (χ4v) is 2.72. The first-order chi connectivity index (χ1) is 10.0. The Balaban J connectivity index is 1.76. The minimum atomic E-state index is -0.803. The first-order valence-electron chi connectivity index (χ1n) is 6.85. The van der Waals surface area contributed by atoms with Gasteiger partial charge in [0.2, 0.25) is 0 Å². The molecule has 0 radical (unpaired) electrons. The third-order valence-electron chi connectivity index (χ3n) is 3.94. The lowest BCUT2D eigenvalue weighted by Crippen LogP contribution is -2.40. The Hall–Kier alpha value is -2.37. The molecule has 2 heterocycles. The molecule has 1 aliphatic rings. The van der Waals surface area contributed by atoms with Crippen LogP contribution in [0.2, 0.25) is 0 Å². The van der Waals surface area contributed by atoms with Crippen LogP contribution in [-0.2, 0) is 4.79 Å². The van der Waals surface area contributed by atoms with E-state index in [1.54, 1.807) is 17.0 Å². The molecule has 110 valence electrons. The van der Waals surface area contributed by atoms with Crippen molar-refractivity contribution in [2.45, 2.75) is 12.8 Å². The van der Waals surface area contributed by atoms with Crippen LogP contribution in [0.1, 0.15) is 23.3 Å². The average molecular weight is 290 g/mol. The van der Waals surface area contributed by atoms with Gasteiger partial charge in [0.25, 0.3) is 5.91 Å². The van der Waals surface area contributed by atoms with Crippen molar-refractivity contribution in [2.75, 3.05) is 13.1 Å². The molecule has 1 fully saturated rings. The average Bonchev–Trinajstić information content (AvgIpc) is 2.89. The number of amides is 1. The van der Waals surface area contributed by atoms with E-state index in [9.17, 15) is 14.0 Å². The highest BCUT2D eigenvalue weighted by atomic mass is 19.1. The largest absolute Gasteiger partial charge is 0.481 e. The van der Waals surface area contributed by atoms with Gasteiger partial charge in [-0.2, -0.15) is 0 Å². The number of benzene rings is 1. The van der Waals surface area contributed by atoms with Gasteiger partial charge in [-0.05, 0) is 37.1 Å². The van der Waals surface area contributed by atoms with Crippen LogP contribution in [-0.4, -0.2) is 40.0 Å². The molecule has 0 spiro atoms. The third kappa shape index (κ3) is 2.61. The molecule has 0 bridgehead atoms. The Labute approximate surface area is 120 Å². The number of aromatic amines is 1. The SMILES string of the molecule is O=C(O)C1CCN(C(=O)c2cc3cc(F)ccc3[nH]2)CC1. The molecule has 0 atom stereocenters. The van der Waals surface area contributed by atoms with Gasteiger partial charge in [-0.3, -0.25) is 9.59 Å². The zero-order chi connectivity index (χ0) is 15.0. The number of likely N-dealkylation sites (tertiary alicyclic amines) is 1. The minimum Gasteiger partial charge on any atom is -0.481 e. The van der Waals surface area contributed by atoms with E-state index in [1.165, 1.54) is 12.1 Å². The molecule has 1 aliphatic heterocycles. The van der Waals surface area contributed by atoms with Crippen molar-refractivity contribution in [3.8, 4) is 0 Å². The highest BCUT2D eigenvalue weighted by molar-refractivity contribution is 5.98.